The Labute approximate surface area is 177 Å². The predicted octanol–water partition coefficient (Wildman–Crippen LogP) is 3.45. The number of hydrogen-bond acceptors (Lipinski definition) is 5. The molecule has 2 fully saturated rings. The molecule has 9 heteroatoms. The maximum absolute atomic E-state index is 14.5. The van der Waals surface area contributed by atoms with E-state index >= 15 is 0 Å². The van der Waals surface area contributed by atoms with Crippen LogP contribution in [0.2, 0.25) is 0 Å². The van der Waals surface area contributed by atoms with Gasteiger partial charge in [-0.15, -0.1) is 5.10 Å². The van der Waals surface area contributed by atoms with Gasteiger partial charge in [-0.1, -0.05) is 0 Å². The Morgan fingerprint density at radius 1 is 1.23 bits per heavy atom. The number of amides is 1. The van der Waals surface area contributed by atoms with Gasteiger partial charge in [-0.25, -0.2) is 18.3 Å². The van der Waals surface area contributed by atoms with E-state index < -0.39 is 23.8 Å². The van der Waals surface area contributed by atoms with Crippen molar-refractivity contribution in [3.8, 4) is 0 Å². The van der Waals surface area contributed by atoms with Gasteiger partial charge >= 0.3 is 0 Å². The molecule has 31 heavy (non-hydrogen) atoms. The molecule has 0 bridgehead atoms. The van der Waals surface area contributed by atoms with Crippen molar-refractivity contribution in [2.45, 2.75) is 44.2 Å². The fourth-order valence-electron chi connectivity index (χ4n) is 4.72. The summed E-state index contributed by atoms with van der Waals surface area (Å²) in [7, 11) is 0. The number of nitrogens with zero attached hydrogens (tertiary/aromatic N) is 4. The number of fused-ring (bicyclic) bond motifs is 1. The van der Waals surface area contributed by atoms with Gasteiger partial charge in [0.25, 0.3) is 0 Å². The molecule has 3 atom stereocenters. The molecule has 0 spiro atoms. The van der Waals surface area contributed by atoms with E-state index in [9.17, 15) is 18.7 Å². The Hall–Kier alpha value is -3.07. The summed E-state index contributed by atoms with van der Waals surface area (Å²) in [6, 6.07) is 4.81. The molecule has 162 valence electrons. The van der Waals surface area contributed by atoms with Crippen LogP contribution in [0, 0.1) is 17.6 Å². The van der Waals surface area contributed by atoms with Crippen LogP contribution in [-0.2, 0) is 4.79 Å². The molecule has 2 N–H and O–H groups in total. The molecule has 2 aliphatic rings. The number of aromatic nitrogens is 3. The van der Waals surface area contributed by atoms with Crippen molar-refractivity contribution in [1.82, 2.24) is 14.6 Å². The second-order valence-corrected chi connectivity index (χ2v) is 8.26. The first-order valence-electron chi connectivity index (χ1n) is 10.5. The van der Waals surface area contributed by atoms with E-state index in [1.807, 2.05) is 4.90 Å². The first-order chi connectivity index (χ1) is 15.0. The second-order valence-electron chi connectivity index (χ2n) is 8.26. The zero-order chi connectivity index (χ0) is 21.5. The van der Waals surface area contributed by atoms with E-state index in [0.717, 1.165) is 18.6 Å². The van der Waals surface area contributed by atoms with Crippen molar-refractivity contribution in [3.05, 3.63) is 53.9 Å². The van der Waals surface area contributed by atoms with Gasteiger partial charge in [-0.3, -0.25) is 4.79 Å². The number of aliphatic hydroxyl groups excluding tert-OH is 1. The fourth-order valence-corrected chi connectivity index (χ4v) is 4.72. The van der Waals surface area contributed by atoms with Crippen LogP contribution in [0.5, 0.6) is 0 Å². The van der Waals surface area contributed by atoms with Crippen LogP contribution in [-0.4, -0.2) is 38.3 Å². The standard InChI is InChI=1S/C22H23F2N5O2/c23-14-5-7-17(24)16(12-14)18-3-1-9-28(18)21-19(20-25-8-2-10-29(20)27-21)26-22(31)13-4-6-15(30)11-13/h2,5,7-8,10,12-13,15,18,30H,1,3-4,6,9,11H2,(H,26,31)/t13?,15?,18-/m1/s1. The van der Waals surface area contributed by atoms with Crippen molar-refractivity contribution in [2.75, 3.05) is 16.8 Å². The number of carbonyl (C=O) groups is 1. The molecule has 2 unspecified atom stereocenters. The molecule has 1 saturated carbocycles. The number of anilines is 2. The third-order valence-electron chi connectivity index (χ3n) is 6.24. The first kappa shape index (κ1) is 19.9. The van der Waals surface area contributed by atoms with Crippen LogP contribution < -0.4 is 10.2 Å². The van der Waals surface area contributed by atoms with Crippen molar-refractivity contribution in [2.24, 2.45) is 5.92 Å². The van der Waals surface area contributed by atoms with E-state index in [0.29, 0.717) is 49.4 Å². The van der Waals surface area contributed by atoms with Crippen LogP contribution in [0.25, 0.3) is 5.65 Å². The SMILES string of the molecule is O=C(Nc1c(N2CCC[C@@H]2c2cc(F)ccc2F)nn2cccnc12)C1CCC(O)C1. The molecule has 1 amide bonds. The lowest BCUT2D eigenvalue weighted by molar-refractivity contribution is -0.119. The van der Waals surface area contributed by atoms with Gasteiger partial charge in [0.1, 0.15) is 17.3 Å². The van der Waals surface area contributed by atoms with Crippen molar-refractivity contribution >= 4 is 23.1 Å². The number of halogens is 2. The largest absolute Gasteiger partial charge is 0.393 e. The van der Waals surface area contributed by atoms with Gasteiger partial charge in [-0.2, -0.15) is 0 Å². The Morgan fingerprint density at radius 2 is 2.10 bits per heavy atom. The zero-order valence-corrected chi connectivity index (χ0v) is 16.8. The topological polar surface area (TPSA) is 82.8 Å². The van der Waals surface area contributed by atoms with Gasteiger partial charge in [-0.05, 0) is 56.4 Å². The smallest absolute Gasteiger partial charge is 0.227 e. The lowest BCUT2D eigenvalue weighted by atomic mass is 10.0. The molecular formula is C22H23F2N5O2. The van der Waals surface area contributed by atoms with Gasteiger partial charge in [0.2, 0.25) is 5.91 Å². The van der Waals surface area contributed by atoms with Crippen molar-refractivity contribution in [1.29, 1.82) is 0 Å². The number of hydrogen-bond donors (Lipinski definition) is 2. The molecule has 2 aromatic heterocycles. The van der Waals surface area contributed by atoms with E-state index in [2.05, 4.69) is 15.4 Å². The molecule has 0 radical (unpaired) electrons. The molecule has 3 aromatic rings. The van der Waals surface area contributed by atoms with E-state index in [1.54, 1.807) is 23.0 Å². The summed E-state index contributed by atoms with van der Waals surface area (Å²) in [6.07, 6.45) is 5.96. The van der Waals surface area contributed by atoms with E-state index in [-0.39, 0.29) is 17.4 Å². The van der Waals surface area contributed by atoms with Crippen LogP contribution in [0.15, 0.2) is 36.7 Å². The number of benzene rings is 1. The highest BCUT2D eigenvalue weighted by atomic mass is 19.1. The van der Waals surface area contributed by atoms with Gasteiger partial charge in [0.05, 0.1) is 12.1 Å². The lowest BCUT2D eigenvalue weighted by Crippen LogP contribution is -2.27. The third kappa shape index (κ3) is 3.63. The Balaban J connectivity index is 1.54. The van der Waals surface area contributed by atoms with Gasteiger partial charge in [0.15, 0.2) is 11.5 Å². The molecule has 5 rings (SSSR count). The molecule has 1 aliphatic heterocycles. The molecule has 3 heterocycles. The summed E-state index contributed by atoms with van der Waals surface area (Å²) in [5.74, 6) is -0.946. The Kier molecular flexibility index (Phi) is 5.05. The monoisotopic (exact) mass is 427 g/mol. The summed E-state index contributed by atoms with van der Waals surface area (Å²) in [5, 5.41) is 17.4. The lowest BCUT2D eigenvalue weighted by Gasteiger charge is -2.26. The highest BCUT2D eigenvalue weighted by Crippen LogP contribution is 2.41. The van der Waals surface area contributed by atoms with Crippen LogP contribution >= 0.6 is 0 Å². The fraction of sp³-hybridized carbons (Fsp3) is 0.409. The quantitative estimate of drug-likeness (QED) is 0.667. The molecular weight excluding hydrogens is 404 g/mol. The summed E-state index contributed by atoms with van der Waals surface area (Å²) >= 11 is 0. The zero-order valence-electron chi connectivity index (χ0n) is 16.8. The first-order valence-corrected chi connectivity index (χ1v) is 10.5. The van der Waals surface area contributed by atoms with Crippen LogP contribution in [0.3, 0.4) is 0 Å². The summed E-state index contributed by atoms with van der Waals surface area (Å²) < 4.78 is 30.0. The minimum Gasteiger partial charge on any atom is -0.393 e. The van der Waals surface area contributed by atoms with E-state index in [1.165, 1.54) is 6.07 Å². The number of carbonyl (C=O) groups excluding carboxylic acids is 1. The maximum Gasteiger partial charge on any atom is 0.227 e. The number of aliphatic hydroxyl groups is 1. The van der Waals surface area contributed by atoms with Gasteiger partial charge in [0, 0.05) is 30.4 Å². The average Bonchev–Trinajstić information content (AvgIpc) is 3.48. The predicted molar refractivity (Wildman–Crippen MR) is 111 cm³/mol. The summed E-state index contributed by atoms with van der Waals surface area (Å²) in [6.45, 7) is 0.593. The molecule has 7 nitrogen and oxygen atoms in total. The summed E-state index contributed by atoms with van der Waals surface area (Å²) in [5.41, 5.74) is 1.21. The van der Waals surface area contributed by atoms with Crippen molar-refractivity contribution < 1.29 is 18.7 Å². The van der Waals surface area contributed by atoms with Crippen LogP contribution in [0.4, 0.5) is 20.3 Å². The Bertz CT molecular complexity index is 1130. The normalized spacial score (nSPS) is 23.6. The molecule has 1 aliphatic carbocycles. The third-order valence-corrected chi connectivity index (χ3v) is 6.24. The van der Waals surface area contributed by atoms with Gasteiger partial charge < -0.3 is 15.3 Å². The van der Waals surface area contributed by atoms with E-state index in [4.69, 9.17) is 0 Å². The summed E-state index contributed by atoms with van der Waals surface area (Å²) in [4.78, 5) is 19.2. The minimum atomic E-state index is -0.492. The average molecular weight is 427 g/mol. The van der Waals surface area contributed by atoms with Crippen molar-refractivity contribution in [3.63, 3.8) is 0 Å². The minimum absolute atomic E-state index is 0.189. The second kappa shape index (κ2) is 7.88. The highest BCUT2D eigenvalue weighted by Gasteiger charge is 2.35. The highest BCUT2D eigenvalue weighted by molar-refractivity contribution is 6.00. The number of rotatable bonds is 4. The maximum atomic E-state index is 14.5. The van der Waals surface area contributed by atoms with Crippen LogP contribution in [0.1, 0.15) is 43.7 Å². The molecule has 1 aromatic carbocycles. The Morgan fingerprint density at radius 3 is 2.90 bits per heavy atom. The number of nitrogens with one attached hydrogen (secondary N) is 1. The molecule has 1 saturated heterocycles.